The van der Waals surface area contributed by atoms with Gasteiger partial charge in [0, 0.05) is 23.5 Å². The molecule has 1 aromatic heterocycles. The van der Waals surface area contributed by atoms with Gasteiger partial charge >= 0.3 is 0 Å². The first-order valence-corrected chi connectivity index (χ1v) is 13.5. The van der Waals surface area contributed by atoms with Crippen molar-refractivity contribution in [1.82, 2.24) is 4.90 Å². The molecule has 2 aromatic rings. The second-order valence-corrected chi connectivity index (χ2v) is 11.1. The number of carbonyl (C=O) groups excluding carboxylic acids is 4. The van der Waals surface area contributed by atoms with Gasteiger partial charge in [-0.2, -0.15) is 0 Å². The van der Waals surface area contributed by atoms with E-state index < -0.39 is 58.0 Å². The van der Waals surface area contributed by atoms with E-state index in [0.29, 0.717) is 29.7 Å². The van der Waals surface area contributed by atoms with Crippen molar-refractivity contribution in [2.24, 2.45) is 17.6 Å². The lowest BCUT2D eigenvalue weighted by Crippen LogP contribution is -2.63. The number of nitrogens with zero attached hydrogens (tertiary/aromatic N) is 1. The summed E-state index contributed by atoms with van der Waals surface area (Å²) in [6.45, 7) is 1.98. The maximum atomic E-state index is 13.9. The van der Waals surface area contributed by atoms with Crippen LogP contribution in [-0.2, 0) is 16.0 Å². The molecule has 216 valence electrons. The molecule has 11 heteroatoms. The van der Waals surface area contributed by atoms with Gasteiger partial charge in [-0.1, -0.05) is 13.3 Å². The van der Waals surface area contributed by atoms with E-state index in [1.54, 1.807) is 32.3 Å². The summed E-state index contributed by atoms with van der Waals surface area (Å²) in [4.78, 5) is 53.4. The first-order chi connectivity index (χ1) is 19.3. The number of likely N-dealkylation sites (N-methyl/N-ethyl adjacent to an activating group) is 1. The minimum absolute atomic E-state index is 0.0280. The summed E-state index contributed by atoms with van der Waals surface area (Å²) in [5.41, 5.74) is 2.33. The number of ketones is 3. The third kappa shape index (κ3) is 4.10. The topological polar surface area (TPSA) is 192 Å². The Morgan fingerprint density at radius 3 is 2.46 bits per heavy atom. The summed E-state index contributed by atoms with van der Waals surface area (Å²) in [5.74, 6) is -6.78. The Balaban J connectivity index is 1.64. The molecular formula is C30H32N2O9. The first kappa shape index (κ1) is 28.3. The van der Waals surface area contributed by atoms with Gasteiger partial charge in [-0.15, -0.1) is 0 Å². The molecule has 0 spiro atoms. The number of fused-ring (bicyclic) bond motifs is 3. The summed E-state index contributed by atoms with van der Waals surface area (Å²) < 4.78 is 5.86. The van der Waals surface area contributed by atoms with Crippen LogP contribution >= 0.6 is 0 Å². The maximum Gasteiger partial charge on any atom is 0.255 e. The molecule has 1 heterocycles. The molecule has 0 aliphatic heterocycles. The summed E-state index contributed by atoms with van der Waals surface area (Å²) >= 11 is 0. The van der Waals surface area contributed by atoms with E-state index in [0.717, 1.165) is 6.42 Å². The Kier molecular flexibility index (Phi) is 6.91. The van der Waals surface area contributed by atoms with Crippen molar-refractivity contribution in [2.45, 2.75) is 50.7 Å². The van der Waals surface area contributed by atoms with Gasteiger partial charge in [-0.25, -0.2) is 0 Å². The van der Waals surface area contributed by atoms with Crippen molar-refractivity contribution in [3.63, 3.8) is 0 Å². The molecule has 4 atom stereocenters. The highest BCUT2D eigenvalue weighted by molar-refractivity contribution is 6.24. The highest BCUT2D eigenvalue weighted by atomic mass is 16.4. The van der Waals surface area contributed by atoms with E-state index in [-0.39, 0.29) is 41.3 Å². The minimum atomic E-state index is -2.70. The summed E-state index contributed by atoms with van der Waals surface area (Å²) in [5, 5.41) is 44.7. The van der Waals surface area contributed by atoms with Gasteiger partial charge in [0.25, 0.3) is 5.91 Å². The molecule has 0 fully saturated rings. The van der Waals surface area contributed by atoms with E-state index in [1.165, 1.54) is 11.0 Å². The van der Waals surface area contributed by atoms with Crippen LogP contribution in [-0.4, -0.2) is 74.3 Å². The number of allylic oxidation sites excluding steroid dienone is 1. The van der Waals surface area contributed by atoms with Gasteiger partial charge in [0.1, 0.15) is 28.6 Å². The number of nitrogens with two attached hydrogens (primary N) is 1. The third-order valence-corrected chi connectivity index (χ3v) is 8.51. The van der Waals surface area contributed by atoms with E-state index in [4.69, 9.17) is 10.2 Å². The molecule has 11 nitrogen and oxygen atoms in total. The number of phenols is 1. The number of aliphatic hydroxyl groups is 3. The summed E-state index contributed by atoms with van der Waals surface area (Å²) in [6, 6.07) is 4.98. The van der Waals surface area contributed by atoms with Gasteiger partial charge in [-0.3, -0.25) is 24.1 Å². The largest absolute Gasteiger partial charge is 0.510 e. The van der Waals surface area contributed by atoms with Gasteiger partial charge in [-0.05, 0) is 69.1 Å². The van der Waals surface area contributed by atoms with Crippen LogP contribution in [0.3, 0.4) is 0 Å². The zero-order chi connectivity index (χ0) is 30.0. The number of carbonyl (C=O) groups is 4. The maximum absolute atomic E-state index is 13.9. The molecule has 0 radical (unpaired) electrons. The standard InChI is InChI=1S/C30H32N2O9/c1-4-5-6-17(33)20-10-9-19(41-20)14-7-8-18(34)22-15(14)11-13-12-16-24(32(2)3)26(36)23(29(31)39)28(38)30(16,40)27(37)21(13)25(22)35/h7-10,13,16,24,34,36-37,40H,4-6,11-12H2,1-3H3,(H2,31,39)/t13?,16?,24-,30-/m0/s1. The molecule has 0 saturated carbocycles. The fourth-order valence-electron chi connectivity index (χ4n) is 6.57. The molecule has 5 rings (SSSR count). The molecule has 1 amide bonds. The van der Waals surface area contributed by atoms with Crippen LogP contribution in [0.5, 0.6) is 5.75 Å². The second kappa shape index (κ2) is 10.0. The number of amides is 1. The number of furan rings is 1. The molecule has 6 N–H and O–H groups in total. The quantitative estimate of drug-likeness (QED) is 0.247. The van der Waals surface area contributed by atoms with Crippen LogP contribution in [0.2, 0.25) is 0 Å². The normalized spacial score (nSPS) is 25.7. The van der Waals surface area contributed by atoms with Crippen molar-refractivity contribution in [3.05, 3.63) is 63.8 Å². The first-order valence-electron chi connectivity index (χ1n) is 13.5. The summed E-state index contributed by atoms with van der Waals surface area (Å²) in [6.07, 6.45) is 1.98. The fraction of sp³-hybridized carbons (Fsp3) is 0.400. The molecule has 41 heavy (non-hydrogen) atoms. The van der Waals surface area contributed by atoms with Crippen molar-refractivity contribution in [1.29, 1.82) is 0 Å². The Morgan fingerprint density at radius 1 is 1.12 bits per heavy atom. The lowest BCUT2D eigenvalue weighted by molar-refractivity contribution is -0.148. The van der Waals surface area contributed by atoms with E-state index in [1.807, 2.05) is 6.92 Å². The SMILES string of the molecule is CCCCC(=O)c1ccc(-c2ccc(O)c3c2CC2CC4[C@H](N(C)C)C(O)=C(C(N)=O)C(=O)[C@@]4(O)C(O)=C2C3=O)o1. The second-order valence-electron chi connectivity index (χ2n) is 11.1. The number of unbranched alkanes of at least 4 members (excludes halogenated alkanes) is 1. The average Bonchev–Trinajstić information content (AvgIpc) is 3.39. The molecule has 2 unspecified atom stereocenters. The molecule has 3 aliphatic carbocycles. The van der Waals surface area contributed by atoms with Gasteiger partial charge in [0.2, 0.25) is 5.78 Å². The van der Waals surface area contributed by atoms with Crippen LogP contribution < -0.4 is 5.73 Å². The highest BCUT2D eigenvalue weighted by Crippen LogP contribution is 2.53. The lowest BCUT2D eigenvalue weighted by atomic mass is 9.58. The third-order valence-electron chi connectivity index (χ3n) is 8.51. The highest BCUT2D eigenvalue weighted by Gasteiger charge is 2.63. The summed E-state index contributed by atoms with van der Waals surface area (Å²) in [7, 11) is 3.14. The zero-order valence-electron chi connectivity index (χ0n) is 22.9. The number of primary amides is 1. The number of aliphatic hydroxyl groups excluding tert-OH is 2. The van der Waals surface area contributed by atoms with Crippen LogP contribution in [0.25, 0.3) is 11.3 Å². The van der Waals surface area contributed by atoms with Gasteiger partial charge < -0.3 is 30.6 Å². The predicted octanol–water partition coefficient (Wildman–Crippen LogP) is 2.75. The minimum Gasteiger partial charge on any atom is -0.510 e. The Hall–Kier alpha value is -4.22. The molecule has 1 aromatic carbocycles. The molecular weight excluding hydrogens is 532 g/mol. The average molecular weight is 565 g/mol. The Morgan fingerprint density at radius 2 is 1.83 bits per heavy atom. The number of Topliss-reactive ketones (excluding diaryl/α,β-unsaturated/α-hetero) is 3. The van der Waals surface area contributed by atoms with Crippen molar-refractivity contribution in [2.75, 3.05) is 14.1 Å². The van der Waals surface area contributed by atoms with E-state index >= 15 is 0 Å². The van der Waals surface area contributed by atoms with Gasteiger partial charge in [0.05, 0.1) is 11.6 Å². The molecule has 0 bridgehead atoms. The van der Waals surface area contributed by atoms with Crippen LogP contribution in [0.4, 0.5) is 0 Å². The van der Waals surface area contributed by atoms with Crippen LogP contribution in [0.1, 0.15) is 59.1 Å². The number of benzene rings is 1. The Labute approximate surface area is 235 Å². The molecule has 0 saturated heterocycles. The van der Waals surface area contributed by atoms with Gasteiger partial charge in [0.15, 0.2) is 22.9 Å². The van der Waals surface area contributed by atoms with Crippen LogP contribution in [0.15, 0.2) is 51.3 Å². The number of hydrogen-bond acceptors (Lipinski definition) is 10. The molecule has 3 aliphatic rings. The lowest BCUT2D eigenvalue weighted by Gasteiger charge is -2.50. The van der Waals surface area contributed by atoms with E-state index in [9.17, 15) is 39.6 Å². The monoisotopic (exact) mass is 564 g/mol. The fourth-order valence-corrected chi connectivity index (χ4v) is 6.57. The van der Waals surface area contributed by atoms with Crippen molar-refractivity contribution < 1.29 is 44.0 Å². The predicted molar refractivity (Wildman–Crippen MR) is 145 cm³/mol. The van der Waals surface area contributed by atoms with E-state index in [2.05, 4.69) is 0 Å². The van der Waals surface area contributed by atoms with Crippen molar-refractivity contribution >= 4 is 23.3 Å². The number of phenolic OH excluding ortho intramolecular Hbond substituents is 1. The van der Waals surface area contributed by atoms with Crippen LogP contribution in [0, 0.1) is 11.8 Å². The number of hydrogen-bond donors (Lipinski definition) is 5. The smallest absolute Gasteiger partial charge is 0.255 e. The van der Waals surface area contributed by atoms with Crippen molar-refractivity contribution in [3.8, 4) is 17.1 Å². The number of aromatic hydroxyl groups is 1. The Bertz CT molecular complexity index is 1560. The zero-order valence-corrected chi connectivity index (χ0v) is 22.9. The number of rotatable bonds is 7.